The molecule has 16 heavy (non-hydrogen) atoms. The largest absolute Gasteiger partial charge is 0.396 e. The molecule has 0 aliphatic heterocycles. The third kappa shape index (κ3) is 3.37. The summed E-state index contributed by atoms with van der Waals surface area (Å²) in [5.74, 6) is 1.32. The van der Waals surface area contributed by atoms with Crippen LogP contribution in [0.2, 0.25) is 0 Å². The van der Waals surface area contributed by atoms with Gasteiger partial charge in [-0.1, -0.05) is 37.2 Å². The van der Waals surface area contributed by atoms with Gasteiger partial charge in [0.05, 0.1) is 6.21 Å². The minimum atomic E-state index is 0.556. The Bertz CT molecular complexity index is 367. The van der Waals surface area contributed by atoms with Crippen molar-refractivity contribution in [3.05, 3.63) is 35.4 Å². The summed E-state index contributed by atoms with van der Waals surface area (Å²) in [4.78, 5) is 5.23. The normalized spacial score (nSPS) is 15.9. The maximum atomic E-state index is 5.23. The number of benzene rings is 1. The molecule has 0 amide bonds. The summed E-state index contributed by atoms with van der Waals surface area (Å²) in [6.45, 7) is 5.17. The Morgan fingerprint density at radius 2 is 2.25 bits per heavy atom. The summed E-state index contributed by atoms with van der Waals surface area (Å²) in [6, 6.07) is 8.43. The highest BCUT2D eigenvalue weighted by Gasteiger charge is 2.21. The van der Waals surface area contributed by atoms with Crippen molar-refractivity contribution in [2.75, 3.05) is 6.61 Å². The molecular formula is C14H19NO. The second-order valence-electron chi connectivity index (χ2n) is 4.80. The van der Waals surface area contributed by atoms with E-state index in [0.717, 1.165) is 18.1 Å². The van der Waals surface area contributed by atoms with Gasteiger partial charge in [-0.05, 0) is 41.9 Å². The first-order valence-corrected chi connectivity index (χ1v) is 6.01. The van der Waals surface area contributed by atoms with Crippen molar-refractivity contribution >= 4 is 6.21 Å². The molecule has 1 saturated carbocycles. The van der Waals surface area contributed by atoms with Gasteiger partial charge in [0.25, 0.3) is 0 Å². The fraction of sp³-hybridized carbons (Fsp3) is 0.500. The molecule has 2 heteroatoms. The van der Waals surface area contributed by atoms with Gasteiger partial charge in [-0.25, -0.2) is 0 Å². The van der Waals surface area contributed by atoms with E-state index in [1.165, 1.54) is 18.4 Å². The van der Waals surface area contributed by atoms with E-state index in [0.29, 0.717) is 5.92 Å². The molecule has 2 rings (SSSR count). The van der Waals surface area contributed by atoms with Crippen LogP contribution in [0.5, 0.6) is 0 Å². The molecule has 1 fully saturated rings. The molecule has 0 bridgehead atoms. The van der Waals surface area contributed by atoms with Crippen LogP contribution in [0.3, 0.4) is 0 Å². The molecule has 1 aromatic carbocycles. The molecule has 0 N–H and O–H groups in total. The fourth-order valence-corrected chi connectivity index (χ4v) is 1.53. The molecule has 0 heterocycles. The zero-order valence-corrected chi connectivity index (χ0v) is 10.0. The van der Waals surface area contributed by atoms with Crippen LogP contribution in [-0.4, -0.2) is 12.8 Å². The Morgan fingerprint density at radius 3 is 2.94 bits per heavy atom. The topological polar surface area (TPSA) is 21.6 Å². The summed E-state index contributed by atoms with van der Waals surface area (Å²) >= 11 is 0. The van der Waals surface area contributed by atoms with Gasteiger partial charge < -0.3 is 4.84 Å². The highest BCUT2D eigenvalue weighted by Crippen LogP contribution is 2.28. The SMILES string of the molecule is CC(C)c1cccc(/C=N/OCC2CC2)c1. The maximum absolute atomic E-state index is 5.23. The number of nitrogens with zero attached hydrogens (tertiary/aromatic N) is 1. The predicted molar refractivity (Wildman–Crippen MR) is 66.8 cm³/mol. The van der Waals surface area contributed by atoms with Crippen molar-refractivity contribution in [3.63, 3.8) is 0 Å². The predicted octanol–water partition coefficient (Wildman–Crippen LogP) is 3.57. The van der Waals surface area contributed by atoms with Crippen molar-refractivity contribution in [2.45, 2.75) is 32.6 Å². The first-order valence-electron chi connectivity index (χ1n) is 6.01. The Kier molecular flexibility index (Phi) is 3.60. The second-order valence-corrected chi connectivity index (χ2v) is 4.80. The van der Waals surface area contributed by atoms with Crippen LogP contribution in [0.1, 0.15) is 43.7 Å². The van der Waals surface area contributed by atoms with E-state index in [2.05, 4.69) is 43.3 Å². The minimum absolute atomic E-state index is 0.556. The quantitative estimate of drug-likeness (QED) is 0.545. The highest BCUT2D eigenvalue weighted by atomic mass is 16.6. The lowest BCUT2D eigenvalue weighted by Gasteiger charge is -2.05. The number of oxime groups is 1. The average Bonchev–Trinajstić information content (AvgIpc) is 3.09. The maximum Gasteiger partial charge on any atom is 0.120 e. The van der Waals surface area contributed by atoms with Crippen LogP contribution in [0.4, 0.5) is 0 Å². The van der Waals surface area contributed by atoms with Crippen LogP contribution >= 0.6 is 0 Å². The summed E-state index contributed by atoms with van der Waals surface area (Å²) in [6.07, 6.45) is 4.41. The molecule has 0 unspecified atom stereocenters. The summed E-state index contributed by atoms with van der Waals surface area (Å²) in [5.41, 5.74) is 2.45. The Morgan fingerprint density at radius 1 is 1.44 bits per heavy atom. The van der Waals surface area contributed by atoms with Crippen molar-refractivity contribution in [3.8, 4) is 0 Å². The first-order chi connectivity index (χ1) is 7.75. The van der Waals surface area contributed by atoms with Crippen LogP contribution < -0.4 is 0 Å². The van der Waals surface area contributed by atoms with Crippen molar-refractivity contribution in [2.24, 2.45) is 11.1 Å². The number of hydrogen-bond acceptors (Lipinski definition) is 2. The van der Waals surface area contributed by atoms with Gasteiger partial charge >= 0.3 is 0 Å². The van der Waals surface area contributed by atoms with Crippen LogP contribution in [0.15, 0.2) is 29.4 Å². The minimum Gasteiger partial charge on any atom is -0.396 e. The molecule has 0 radical (unpaired) electrons. The zero-order chi connectivity index (χ0) is 11.4. The molecule has 0 atom stereocenters. The number of hydrogen-bond donors (Lipinski definition) is 0. The molecule has 0 aromatic heterocycles. The van der Waals surface area contributed by atoms with E-state index < -0.39 is 0 Å². The fourth-order valence-electron chi connectivity index (χ4n) is 1.53. The molecular weight excluding hydrogens is 198 g/mol. The summed E-state index contributed by atoms with van der Waals surface area (Å²) in [7, 11) is 0. The van der Waals surface area contributed by atoms with Gasteiger partial charge in [0.2, 0.25) is 0 Å². The Labute approximate surface area is 97.3 Å². The van der Waals surface area contributed by atoms with Crippen LogP contribution in [-0.2, 0) is 4.84 Å². The summed E-state index contributed by atoms with van der Waals surface area (Å²) in [5, 5.41) is 4.00. The first kappa shape index (κ1) is 11.2. The van der Waals surface area contributed by atoms with E-state index in [-0.39, 0.29) is 0 Å². The third-order valence-electron chi connectivity index (χ3n) is 2.86. The Hall–Kier alpha value is -1.31. The van der Waals surface area contributed by atoms with Gasteiger partial charge in [-0.15, -0.1) is 0 Å². The molecule has 1 aliphatic carbocycles. The number of rotatable bonds is 5. The molecule has 2 nitrogen and oxygen atoms in total. The van der Waals surface area contributed by atoms with E-state index in [1.807, 2.05) is 0 Å². The van der Waals surface area contributed by atoms with E-state index >= 15 is 0 Å². The summed E-state index contributed by atoms with van der Waals surface area (Å²) < 4.78 is 0. The van der Waals surface area contributed by atoms with E-state index in [4.69, 9.17) is 4.84 Å². The lowest BCUT2D eigenvalue weighted by atomic mass is 10.0. The van der Waals surface area contributed by atoms with Crippen LogP contribution in [0.25, 0.3) is 0 Å². The average molecular weight is 217 g/mol. The monoisotopic (exact) mass is 217 g/mol. The lowest BCUT2D eigenvalue weighted by molar-refractivity contribution is 0.135. The van der Waals surface area contributed by atoms with E-state index in [9.17, 15) is 0 Å². The standard InChI is InChI=1S/C14H19NO/c1-11(2)14-5-3-4-13(8-14)9-15-16-10-12-6-7-12/h3-5,8-9,11-12H,6-7,10H2,1-2H3/b15-9+. The smallest absolute Gasteiger partial charge is 0.120 e. The van der Waals surface area contributed by atoms with Gasteiger partial charge in [0.15, 0.2) is 0 Å². The zero-order valence-electron chi connectivity index (χ0n) is 10.0. The van der Waals surface area contributed by atoms with Crippen molar-refractivity contribution in [1.29, 1.82) is 0 Å². The molecule has 0 spiro atoms. The molecule has 1 aromatic rings. The van der Waals surface area contributed by atoms with Gasteiger partial charge in [0.1, 0.15) is 6.61 Å². The molecule has 1 aliphatic rings. The van der Waals surface area contributed by atoms with E-state index in [1.54, 1.807) is 6.21 Å². The second kappa shape index (κ2) is 5.15. The lowest BCUT2D eigenvalue weighted by Crippen LogP contribution is -1.92. The van der Waals surface area contributed by atoms with Gasteiger partial charge in [-0.2, -0.15) is 0 Å². The van der Waals surface area contributed by atoms with Crippen molar-refractivity contribution in [1.82, 2.24) is 0 Å². The Balaban J connectivity index is 1.89. The highest BCUT2D eigenvalue weighted by molar-refractivity contribution is 5.79. The molecule has 86 valence electrons. The van der Waals surface area contributed by atoms with Crippen molar-refractivity contribution < 1.29 is 4.84 Å². The third-order valence-corrected chi connectivity index (χ3v) is 2.86. The van der Waals surface area contributed by atoms with Gasteiger partial charge in [0, 0.05) is 0 Å². The van der Waals surface area contributed by atoms with Gasteiger partial charge in [-0.3, -0.25) is 0 Å². The van der Waals surface area contributed by atoms with Crippen LogP contribution in [0, 0.1) is 5.92 Å². The molecule has 0 saturated heterocycles.